The van der Waals surface area contributed by atoms with Crippen LogP contribution in [0.1, 0.15) is 11.3 Å². The number of pyridine rings is 1. The van der Waals surface area contributed by atoms with E-state index >= 15 is 0 Å². The first kappa shape index (κ1) is 16.1. The topological polar surface area (TPSA) is 24.9 Å². The maximum atomic E-state index is 4.81. The zero-order valence-electron chi connectivity index (χ0n) is 14.7. The summed E-state index contributed by atoms with van der Waals surface area (Å²) in [5.41, 5.74) is 6.66. The van der Waals surface area contributed by atoms with Crippen LogP contribution in [0.5, 0.6) is 0 Å². The number of nitrogens with zero attached hydrogens (tertiary/aromatic N) is 1. The lowest BCUT2D eigenvalue weighted by Gasteiger charge is -2.07. The van der Waals surface area contributed by atoms with Crippen molar-refractivity contribution in [1.82, 2.24) is 4.98 Å². The Morgan fingerprint density at radius 2 is 1.50 bits per heavy atom. The Morgan fingerprint density at radius 1 is 0.769 bits per heavy atom. The molecule has 0 bridgehead atoms. The molecule has 0 unspecified atom stereocenters. The first-order valence-corrected chi connectivity index (χ1v) is 8.74. The molecule has 2 nitrogen and oxygen atoms in total. The molecule has 4 rings (SSSR count). The average molecular weight is 336 g/mol. The minimum atomic E-state index is 0.980. The molecule has 0 aliphatic rings. The molecule has 1 N–H and O–H groups in total. The fourth-order valence-corrected chi connectivity index (χ4v) is 3.03. The zero-order valence-corrected chi connectivity index (χ0v) is 14.7. The predicted molar refractivity (Wildman–Crippen MR) is 111 cm³/mol. The van der Waals surface area contributed by atoms with Gasteiger partial charge in [-0.15, -0.1) is 0 Å². The molecule has 0 fully saturated rings. The lowest BCUT2D eigenvalue weighted by Crippen LogP contribution is -1.91. The van der Waals surface area contributed by atoms with Gasteiger partial charge in [-0.3, -0.25) is 0 Å². The summed E-state index contributed by atoms with van der Waals surface area (Å²) in [5.74, 6) is 0. The zero-order chi connectivity index (χ0) is 17.8. The molecule has 0 saturated carbocycles. The van der Waals surface area contributed by atoms with Crippen molar-refractivity contribution in [1.29, 1.82) is 0 Å². The van der Waals surface area contributed by atoms with E-state index in [9.17, 15) is 0 Å². The normalized spacial score (nSPS) is 11.1. The van der Waals surface area contributed by atoms with Gasteiger partial charge in [0.25, 0.3) is 0 Å². The molecule has 1 heterocycles. The Kier molecular flexibility index (Phi) is 4.48. The standard InChI is InChI=1S/C24H20N2/c1-18-16-21-17-20(19-8-4-2-5-9-19)12-13-24(21)26-23(18)14-15-25-22-10-6-3-7-11-22/h2-17,25H,1H3. The van der Waals surface area contributed by atoms with Crippen LogP contribution < -0.4 is 5.32 Å². The van der Waals surface area contributed by atoms with Crippen LogP contribution in [0.4, 0.5) is 5.69 Å². The van der Waals surface area contributed by atoms with Crippen molar-refractivity contribution in [3.05, 3.63) is 102 Å². The number of aryl methyl sites for hydroxylation is 1. The maximum absolute atomic E-state index is 4.81. The quantitative estimate of drug-likeness (QED) is 0.473. The fourth-order valence-electron chi connectivity index (χ4n) is 3.03. The minimum Gasteiger partial charge on any atom is -0.362 e. The van der Waals surface area contributed by atoms with Crippen LogP contribution in [0.15, 0.2) is 91.1 Å². The van der Waals surface area contributed by atoms with Gasteiger partial charge in [-0.25, -0.2) is 4.98 Å². The third-order valence-electron chi connectivity index (χ3n) is 4.42. The average Bonchev–Trinajstić information content (AvgIpc) is 2.69. The van der Waals surface area contributed by atoms with Crippen LogP contribution >= 0.6 is 0 Å². The van der Waals surface area contributed by atoms with Crippen molar-refractivity contribution < 1.29 is 0 Å². The van der Waals surface area contributed by atoms with Crippen LogP contribution in [-0.4, -0.2) is 4.98 Å². The highest BCUT2D eigenvalue weighted by molar-refractivity contribution is 5.86. The monoisotopic (exact) mass is 336 g/mol. The number of anilines is 1. The Labute approximate surface area is 153 Å². The largest absolute Gasteiger partial charge is 0.362 e. The number of fused-ring (bicyclic) bond motifs is 1. The van der Waals surface area contributed by atoms with Gasteiger partial charge in [-0.05, 0) is 60.0 Å². The van der Waals surface area contributed by atoms with E-state index in [0.717, 1.165) is 27.8 Å². The second-order valence-electron chi connectivity index (χ2n) is 6.31. The lowest BCUT2D eigenvalue weighted by atomic mass is 10.0. The van der Waals surface area contributed by atoms with E-state index < -0.39 is 0 Å². The van der Waals surface area contributed by atoms with Gasteiger partial charge in [0.05, 0.1) is 11.2 Å². The molecular weight excluding hydrogens is 316 g/mol. The number of hydrogen-bond donors (Lipinski definition) is 1. The van der Waals surface area contributed by atoms with Gasteiger partial charge in [0.1, 0.15) is 0 Å². The highest BCUT2D eigenvalue weighted by Gasteiger charge is 2.04. The van der Waals surface area contributed by atoms with Gasteiger partial charge >= 0.3 is 0 Å². The third kappa shape index (κ3) is 3.50. The van der Waals surface area contributed by atoms with Crippen molar-refractivity contribution >= 4 is 22.7 Å². The smallest absolute Gasteiger partial charge is 0.0709 e. The molecule has 126 valence electrons. The van der Waals surface area contributed by atoms with Gasteiger partial charge in [0.2, 0.25) is 0 Å². The van der Waals surface area contributed by atoms with Gasteiger partial charge in [0, 0.05) is 17.3 Å². The lowest BCUT2D eigenvalue weighted by molar-refractivity contribution is 1.29. The summed E-state index contributed by atoms with van der Waals surface area (Å²) < 4.78 is 0. The second kappa shape index (κ2) is 7.24. The van der Waals surface area contributed by atoms with Crippen molar-refractivity contribution in [3.63, 3.8) is 0 Å². The van der Waals surface area contributed by atoms with E-state index in [1.165, 1.54) is 11.1 Å². The molecule has 4 aromatic rings. The summed E-state index contributed by atoms with van der Waals surface area (Å²) in [5, 5.41) is 4.44. The number of nitrogens with one attached hydrogen (secondary N) is 1. The molecule has 0 aliphatic carbocycles. The minimum absolute atomic E-state index is 0.980. The Morgan fingerprint density at radius 3 is 2.27 bits per heavy atom. The van der Waals surface area contributed by atoms with E-state index in [4.69, 9.17) is 4.98 Å². The highest BCUT2D eigenvalue weighted by Crippen LogP contribution is 2.25. The second-order valence-corrected chi connectivity index (χ2v) is 6.31. The van der Waals surface area contributed by atoms with E-state index in [0.29, 0.717) is 0 Å². The molecule has 1 aromatic heterocycles. The van der Waals surface area contributed by atoms with Crippen LogP contribution in [0.25, 0.3) is 28.1 Å². The van der Waals surface area contributed by atoms with Crippen LogP contribution in [-0.2, 0) is 0 Å². The van der Waals surface area contributed by atoms with E-state index in [-0.39, 0.29) is 0 Å². The number of hydrogen-bond acceptors (Lipinski definition) is 2. The third-order valence-corrected chi connectivity index (χ3v) is 4.42. The highest BCUT2D eigenvalue weighted by atomic mass is 14.8. The number of para-hydroxylation sites is 1. The summed E-state index contributed by atoms with van der Waals surface area (Å²) in [6.07, 6.45) is 3.96. The number of benzene rings is 3. The van der Waals surface area contributed by atoms with Crippen molar-refractivity contribution in [3.8, 4) is 11.1 Å². The number of rotatable bonds is 4. The first-order valence-electron chi connectivity index (χ1n) is 8.74. The molecule has 0 amide bonds. The maximum Gasteiger partial charge on any atom is 0.0709 e. The summed E-state index contributed by atoms with van der Waals surface area (Å²) >= 11 is 0. The summed E-state index contributed by atoms with van der Waals surface area (Å²) in [6, 6.07) is 29.2. The molecule has 2 heteroatoms. The van der Waals surface area contributed by atoms with E-state index in [1.54, 1.807) is 0 Å². The predicted octanol–water partition coefficient (Wildman–Crippen LogP) is 6.29. The Hall–Kier alpha value is -3.39. The molecule has 3 aromatic carbocycles. The molecular formula is C24H20N2. The van der Waals surface area contributed by atoms with Crippen LogP contribution in [0.2, 0.25) is 0 Å². The summed E-state index contributed by atoms with van der Waals surface area (Å²) in [7, 11) is 0. The SMILES string of the molecule is Cc1cc2cc(-c3ccccc3)ccc2nc1C=CNc1ccccc1. The van der Waals surface area contributed by atoms with E-state index in [1.807, 2.05) is 48.7 Å². The van der Waals surface area contributed by atoms with Crippen molar-refractivity contribution in [2.45, 2.75) is 6.92 Å². The van der Waals surface area contributed by atoms with Crippen molar-refractivity contribution in [2.75, 3.05) is 5.32 Å². The Bertz CT molecular complexity index is 1050. The van der Waals surface area contributed by atoms with Crippen LogP contribution in [0.3, 0.4) is 0 Å². The molecule has 0 radical (unpaired) electrons. The Balaban J connectivity index is 1.62. The van der Waals surface area contributed by atoms with Gasteiger partial charge in [-0.1, -0.05) is 54.6 Å². The fraction of sp³-hybridized carbons (Fsp3) is 0.0417. The van der Waals surface area contributed by atoms with Crippen molar-refractivity contribution in [2.24, 2.45) is 0 Å². The summed E-state index contributed by atoms with van der Waals surface area (Å²) in [4.78, 5) is 4.81. The molecule has 26 heavy (non-hydrogen) atoms. The molecule has 0 saturated heterocycles. The first-order chi connectivity index (χ1) is 12.8. The van der Waals surface area contributed by atoms with Gasteiger partial charge < -0.3 is 5.32 Å². The van der Waals surface area contributed by atoms with E-state index in [2.05, 4.69) is 60.8 Å². The summed E-state index contributed by atoms with van der Waals surface area (Å²) in [6.45, 7) is 2.10. The van der Waals surface area contributed by atoms with Crippen LogP contribution in [0, 0.1) is 6.92 Å². The molecule has 0 spiro atoms. The molecule has 0 atom stereocenters. The number of aromatic nitrogens is 1. The van der Waals surface area contributed by atoms with Gasteiger partial charge in [0.15, 0.2) is 0 Å². The van der Waals surface area contributed by atoms with Gasteiger partial charge in [-0.2, -0.15) is 0 Å². The molecule has 0 aliphatic heterocycles.